The van der Waals surface area contributed by atoms with Crippen molar-refractivity contribution in [3.63, 3.8) is 0 Å². The van der Waals surface area contributed by atoms with Gasteiger partial charge in [-0.05, 0) is 6.07 Å². The molecule has 0 spiro atoms. The molecule has 1 aromatic carbocycles. The molecule has 3 heteroatoms. The number of hydrogen-bond donors (Lipinski definition) is 1. The molecule has 0 amide bonds. The molecule has 0 saturated heterocycles. The predicted molar refractivity (Wildman–Crippen MR) is 49.5 cm³/mol. The number of para-hydroxylation sites is 1. The van der Waals surface area contributed by atoms with E-state index in [9.17, 15) is 0 Å². The van der Waals surface area contributed by atoms with Crippen molar-refractivity contribution in [2.75, 3.05) is 0 Å². The van der Waals surface area contributed by atoms with Crippen LogP contribution in [0.5, 0.6) is 0 Å². The maximum absolute atomic E-state index is 7.87. The summed E-state index contributed by atoms with van der Waals surface area (Å²) in [6.45, 7) is 0. The Hall–Kier alpha value is -1.90. The lowest BCUT2D eigenvalue weighted by Gasteiger charge is -1.97. The Kier molecular flexibility index (Phi) is 1.05. The van der Waals surface area contributed by atoms with Crippen molar-refractivity contribution in [1.29, 1.82) is 5.41 Å². The highest BCUT2D eigenvalue weighted by molar-refractivity contribution is 6.15. The molecule has 3 nitrogen and oxygen atoms in total. The molecule has 1 aliphatic rings. The highest BCUT2D eigenvalue weighted by Crippen LogP contribution is 2.26. The normalized spacial score (nSPS) is 12.8. The van der Waals surface area contributed by atoms with Gasteiger partial charge in [-0.3, -0.25) is 9.98 Å². The van der Waals surface area contributed by atoms with Crippen LogP contribution in [0.15, 0.2) is 36.8 Å². The van der Waals surface area contributed by atoms with Crippen LogP contribution < -0.4 is 0 Å². The number of imidazole rings is 1. The van der Waals surface area contributed by atoms with Gasteiger partial charge in [-0.1, -0.05) is 18.2 Å². The van der Waals surface area contributed by atoms with Crippen molar-refractivity contribution < 1.29 is 0 Å². The Balaban J connectivity index is 2.43. The van der Waals surface area contributed by atoms with Crippen LogP contribution in [0.4, 0.5) is 0 Å². The van der Waals surface area contributed by atoms with Crippen molar-refractivity contribution >= 4 is 5.71 Å². The van der Waals surface area contributed by atoms with Gasteiger partial charge in [0, 0.05) is 5.56 Å². The molecular formula is C10H7N3. The lowest BCUT2D eigenvalue weighted by molar-refractivity contribution is 1.07. The number of fused-ring (bicyclic) bond motifs is 3. The Morgan fingerprint density at radius 2 is 2.08 bits per heavy atom. The lowest BCUT2D eigenvalue weighted by Crippen LogP contribution is -1.94. The SMILES string of the molecule is N=C1c2ccccc2-n2cncc21. The van der Waals surface area contributed by atoms with E-state index in [0.29, 0.717) is 5.71 Å². The number of aromatic nitrogens is 2. The second kappa shape index (κ2) is 2.07. The topological polar surface area (TPSA) is 41.7 Å². The van der Waals surface area contributed by atoms with E-state index in [1.54, 1.807) is 12.5 Å². The van der Waals surface area contributed by atoms with Crippen LogP contribution in [0.1, 0.15) is 11.3 Å². The Labute approximate surface area is 75.2 Å². The first-order valence-electron chi connectivity index (χ1n) is 4.09. The summed E-state index contributed by atoms with van der Waals surface area (Å²) in [6.07, 6.45) is 3.47. The van der Waals surface area contributed by atoms with Crippen LogP contribution in [0.2, 0.25) is 0 Å². The van der Waals surface area contributed by atoms with Gasteiger partial charge in [-0.2, -0.15) is 0 Å². The van der Waals surface area contributed by atoms with Gasteiger partial charge < -0.3 is 0 Å². The summed E-state index contributed by atoms with van der Waals surface area (Å²) in [5.74, 6) is 0. The lowest BCUT2D eigenvalue weighted by atomic mass is 10.1. The van der Waals surface area contributed by atoms with Crippen LogP contribution in [-0.2, 0) is 0 Å². The fourth-order valence-electron chi connectivity index (χ4n) is 1.71. The van der Waals surface area contributed by atoms with Gasteiger partial charge in [0.25, 0.3) is 0 Å². The molecule has 1 aromatic heterocycles. The predicted octanol–water partition coefficient (Wildman–Crippen LogP) is 1.60. The fraction of sp³-hybridized carbons (Fsp3) is 0. The van der Waals surface area contributed by atoms with Crippen LogP contribution in [0.25, 0.3) is 5.69 Å². The summed E-state index contributed by atoms with van der Waals surface area (Å²) in [4.78, 5) is 4.02. The largest absolute Gasteiger partial charge is 0.298 e. The quantitative estimate of drug-likeness (QED) is 0.545. The molecule has 2 heterocycles. The van der Waals surface area contributed by atoms with E-state index in [1.807, 2.05) is 28.8 Å². The minimum Gasteiger partial charge on any atom is -0.298 e. The minimum atomic E-state index is 0.563. The van der Waals surface area contributed by atoms with E-state index in [2.05, 4.69) is 4.98 Å². The molecule has 0 atom stereocenters. The summed E-state index contributed by atoms with van der Waals surface area (Å²) in [7, 11) is 0. The Bertz CT molecular complexity index is 496. The first kappa shape index (κ1) is 6.60. The summed E-state index contributed by atoms with van der Waals surface area (Å²) >= 11 is 0. The number of hydrogen-bond acceptors (Lipinski definition) is 2. The molecule has 1 N–H and O–H groups in total. The smallest absolute Gasteiger partial charge is 0.0997 e. The zero-order valence-corrected chi connectivity index (χ0v) is 6.86. The zero-order valence-electron chi connectivity index (χ0n) is 6.86. The van der Waals surface area contributed by atoms with Crippen LogP contribution in [0, 0.1) is 5.41 Å². The Morgan fingerprint density at radius 3 is 3.00 bits per heavy atom. The molecule has 62 valence electrons. The number of rotatable bonds is 0. The van der Waals surface area contributed by atoms with E-state index >= 15 is 0 Å². The number of nitrogens with one attached hydrogen (secondary N) is 1. The van der Waals surface area contributed by atoms with Gasteiger partial charge in [0.2, 0.25) is 0 Å². The first-order chi connectivity index (χ1) is 6.38. The molecule has 0 fully saturated rings. The van der Waals surface area contributed by atoms with E-state index in [1.165, 1.54) is 0 Å². The van der Waals surface area contributed by atoms with E-state index in [4.69, 9.17) is 5.41 Å². The summed E-state index contributed by atoms with van der Waals surface area (Å²) in [6, 6.07) is 7.89. The summed E-state index contributed by atoms with van der Waals surface area (Å²) in [5, 5.41) is 7.87. The Morgan fingerprint density at radius 1 is 1.23 bits per heavy atom. The standard InChI is InChI=1S/C10H7N3/c11-10-7-3-1-2-4-8(7)13-6-12-5-9(10)13/h1-6,11H. The van der Waals surface area contributed by atoms with E-state index < -0.39 is 0 Å². The average Bonchev–Trinajstić information content (AvgIpc) is 2.72. The third-order valence-corrected chi connectivity index (χ3v) is 2.33. The first-order valence-corrected chi connectivity index (χ1v) is 4.09. The van der Waals surface area contributed by atoms with Crippen molar-refractivity contribution in [3.8, 4) is 5.69 Å². The summed E-state index contributed by atoms with van der Waals surface area (Å²) in [5.41, 5.74) is 3.48. The second-order valence-electron chi connectivity index (χ2n) is 3.04. The molecule has 1 aliphatic heterocycles. The van der Waals surface area contributed by atoms with E-state index in [0.717, 1.165) is 16.9 Å². The van der Waals surface area contributed by atoms with Crippen molar-refractivity contribution in [3.05, 3.63) is 48.0 Å². The van der Waals surface area contributed by atoms with E-state index in [-0.39, 0.29) is 0 Å². The molecule has 13 heavy (non-hydrogen) atoms. The van der Waals surface area contributed by atoms with Crippen LogP contribution in [0.3, 0.4) is 0 Å². The van der Waals surface area contributed by atoms with Crippen LogP contribution in [-0.4, -0.2) is 15.3 Å². The molecule has 0 aliphatic carbocycles. The molecule has 0 radical (unpaired) electrons. The third-order valence-electron chi connectivity index (χ3n) is 2.33. The maximum Gasteiger partial charge on any atom is 0.0997 e. The molecule has 0 unspecified atom stereocenters. The minimum absolute atomic E-state index is 0.563. The van der Waals surface area contributed by atoms with Crippen molar-refractivity contribution in [2.24, 2.45) is 0 Å². The van der Waals surface area contributed by atoms with Gasteiger partial charge in [-0.25, -0.2) is 4.98 Å². The number of nitrogens with zero attached hydrogens (tertiary/aromatic N) is 2. The second-order valence-corrected chi connectivity index (χ2v) is 3.04. The number of benzene rings is 1. The molecule has 3 rings (SSSR count). The highest BCUT2D eigenvalue weighted by Gasteiger charge is 2.22. The fourth-order valence-corrected chi connectivity index (χ4v) is 1.71. The highest BCUT2D eigenvalue weighted by atomic mass is 15.1. The molecule has 0 saturated carbocycles. The molecule has 0 bridgehead atoms. The zero-order chi connectivity index (χ0) is 8.84. The maximum atomic E-state index is 7.87. The molecular weight excluding hydrogens is 162 g/mol. The van der Waals surface area contributed by atoms with Gasteiger partial charge in [0.1, 0.15) is 0 Å². The average molecular weight is 169 g/mol. The summed E-state index contributed by atoms with van der Waals surface area (Å²) < 4.78 is 1.94. The van der Waals surface area contributed by atoms with Gasteiger partial charge in [-0.15, -0.1) is 0 Å². The van der Waals surface area contributed by atoms with Crippen molar-refractivity contribution in [1.82, 2.24) is 9.55 Å². The van der Waals surface area contributed by atoms with Crippen LogP contribution >= 0.6 is 0 Å². The third kappa shape index (κ3) is 0.685. The van der Waals surface area contributed by atoms with Crippen molar-refractivity contribution in [2.45, 2.75) is 0 Å². The monoisotopic (exact) mass is 169 g/mol. The van der Waals surface area contributed by atoms with Gasteiger partial charge >= 0.3 is 0 Å². The van der Waals surface area contributed by atoms with Gasteiger partial charge in [0.05, 0.1) is 29.6 Å². The van der Waals surface area contributed by atoms with Gasteiger partial charge in [0.15, 0.2) is 0 Å². The molecule has 2 aromatic rings.